The summed E-state index contributed by atoms with van der Waals surface area (Å²) in [6.07, 6.45) is 0.645. The lowest BCUT2D eigenvalue weighted by molar-refractivity contribution is 0.153. The molecule has 0 radical (unpaired) electrons. The minimum Gasteiger partial charge on any atom is -0.386 e. The number of aliphatic hydroxyl groups is 1. The van der Waals surface area contributed by atoms with Crippen LogP contribution in [0.2, 0.25) is 0 Å². The Balaban J connectivity index is 2.01. The van der Waals surface area contributed by atoms with E-state index in [1.165, 1.54) is 12.1 Å². The number of rotatable bonds is 3. The maximum Gasteiger partial charge on any atom is 0.189 e. The van der Waals surface area contributed by atoms with Crippen LogP contribution in [0.25, 0.3) is 10.9 Å². The van der Waals surface area contributed by atoms with Gasteiger partial charge in [-0.15, -0.1) is 0 Å². The topological polar surface area (TPSA) is 42.2 Å². The second-order valence-electron chi connectivity index (χ2n) is 4.89. The van der Waals surface area contributed by atoms with Crippen LogP contribution in [0, 0.1) is 5.82 Å². The van der Waals surface area contributed by atoms with Crippen molar-refractivity contribution in [1.82, 2.24) is 4.57 Å². The number of pyridine rings is 1. The van der Waals surface area contributed by atoms with Crippen LogP contribution in [0.4, 0.5) is 4.39 Å². The van der Waals surface area contributed by atoms with Crippen molar-refractivity contribution in [3.05, 3.63) is 82.4 Å². The largest absolute Gasteiger partial charge is 0.386 e. The van der Waals surface area contributed by atoms with Gasteiger partial charge in [-0.25, -0.2) is 4.39 Å². The Morgan fingerprint density at radius 2 is 1.76 bits per heavy atom. The van der Waals surface area contributed by atoms with Crippen LogP contribution in [0.15, 0.2) is 65.6 Å². The molecule has 3 aromatic rings. The highest BCUT2D eigenvalue weighted by Gasteiger charge is 2.13. The molecule has 0 spiro atoms. The van der Waals surface area contributed by atoms with Crippen LogP contribution in [0.5, 0.6) is 0 Å². The Hall–Kier alpha value is -2.46. The summed E-state index contributed by atoms with van der Waals surface area (Å²) in [7, 11) is 0. The summed E-state index contributed by atoms with van der Waals surface area (Å²) >= 11 is 0. The Morgan fingerprint density at radius 1 is 1.05 bits per heavy atom. The van der Waals surface area contributed by atoms with Gasteiger partial charge in [0.2, 0.25) is 0 Å². The molecule has 4 heteroatoms. The lowest BCUT2D eigenvalue weighted by Crippen LogP contribution is -2.13. The van der Waals surface area contributed by atoms with Crippen molar-refractivity contribution >= 4 is 10.9 Å². The fourth-order valence-corrected chi connectivity index (χ4v) is 2.45. The number of nitrogens with zero attached hydrogens (tertiary/aromatic N) is 1. The molecule has 1 unspecified atom stereocenters. The fraction of sp³-hybridized carbons (Fsp3) is 0.118. The van der Waals surface area contributed by atoms with Crippen LogP contribution in [0.3, 0.4) is 0 Å². The SMILES string of the molecule is O=c1ccn(CC(O)c2ccccc2F)c2ccccc12. The molecule has 21 heavy (non-hydrogen) atoms. The first-order valence-corrected chi connectivity index (χ1v) is 6.67. The molecule has 1 atom stereocenters. The van der Waals surface area contributed by atoms with E-state index in [0.717, 1.165) is 5.52 Å². The van der Waals surface area contributed by atoms with E-state index in [0.29, 0.717) is 5.39 Å². The number of para-hydroxylation sites is 1. The molecule has 3 nitrogen and oxygen atoms in total. The third-order valence-corrected chi connectivity index (χ3v) is 3.52. The summed E-state index contributed by atoms with van der Waals surface area (Å²) in [5, 5.41) is 10.8. The first kappa shape index (κ1) is 13.5. The number of aromatic nitrogens is 1. The summed E-state index contributed by atoms with van der Waals surface area (Å²) in [4.78, 5) is 11.8. The number of aliphatic hydroxyl groups excluding tert-OH is 1. The number of hydrogen-bond donors (Lipinski definition) is 1. The van der Waals surface area contributed by atoms with E-state index < -0.39 is 11.9 Å². The Kier molecular flexibility index (Phi) is 3.54. The number of benzene rings is 2. The normalized spacial score (nSPS) is 12.5. The molecule has 0 fully saturated rings. The van der Waals surface area contributed by atoms with E-state index in [1.807, 2.05) is 12.1 Å². The molecule has 106 valence electrons. The van der Waals surface area contributed by atoms with Crippen molar-refractivity contribution in [2.75, 3.05) is 0 Å². The Morgan fingerprint density at radius 3 is 2.57 bits per heavy atom. The zero-order valence-electron chi connectivity index (χ0n) is 11.2. The Labute approximate surface area is 120 Å². The van der Waals surface area contributed by atoms with E-state index in [2.05, 4.69) is 0 Å². The van der Waals surface area contributed by atoms with Crippen LogP contribution < -0.4 is 5.43 Å². The van der Waals surface area contributed by atoms with Crippen molar-refractivity contribution < 1.29 is 9.50 Å². The van der Waals surface area contributed by atoms with Gasteiger partial charge >= 0.3 is 0 Å². The number of fused-ring (bicyclic) bond motifs is 1. The highest BCUT2D eigenvalue weighted by Crippen LogP contribution is 2.20. The molecule has 0 aliphatic rings. The summed E-state index contributed by atoms with van der Waals surface area (Å²) in [6.45, 7) is 0.182. The second kappa shape index (κ2) is 5.50. The van der Waals surface area contributed by atoms with E-state index in [-0.39, 0.29) is 17.5 Å². The average Bonchev–Trinajstić information content (AvgIpc) is 2.51. The third-order valence-electron chi connectivity index (χ3n) is 3.52. The van der Waals surface area contributed by atoms with Crippen LogP contribution in [-0.4, -0.2) is 9.67 Å². The molecule has 2 aromatic carbocycles. The summed E-state index contributed by atoms with van der Waals surface area (Å²) in [5.41, 5.74) is 0.905. The van der Waals surface area contributed by atoms with Gasteiger partial charge in [-0.3, -0.25) is 4.79 Å². The van der Waals surface area contributed by atoms with Crippen molar-refractivity contribution in [3.8, 4) is 0 Å². The third kappa shape index (κ3) is 2.58. The predicted molar refractivity (Wildman–Crippen MR) is 79.6 cm³/mol. The highest BCUT2D eigenvalue weighted by atomic mass is 19.1. The van der Waals surface area contributed by atoms with E-state index in [9.17, 15) is 14.3 Å². The van der Waals surface area contributed by atoms with Gasteiger partial charge in [0.15, 0.2) is 5.43 Å². The second-order valence-corrected chi connectivity index (χ2v) is 4.89. The molecule has 0 aliphatic carbocycles. The average molecular weight is 283 g/mol. The summed E-state index contributed by atoms with van der Waals surface area (Å²) in [5.74, 6) is -0.435. The van der Waals surface area contributed by atoms with Gasteiger partial charge in [-0.1, -0.05) is 30.3 Å². The van der Waals surface area contributed by atoms with Gasteiger partial charge in [0.05, 0.1) is 18.2 Å². The van der Waals surface area contributed by atoms with Crippen molar-refractivity contribution in [2.24, 2.45) is 0 Å². The maximum atomic E-state index is 13.7. The van der Waals surface area contributed by atoms with Crippen LogP contribution >= 0.6 is 0 Å². The number of hydrogen-bond acceptors (Lipinski definition) is 2. The minimum atomic E-state index is -0.975. The van der Waals surface area contributed by atoms with E-state index in [1.54, 1.807) is 41.1 Å². The first-order valence-electron chi connectivity index (χ1n) is 6.67. The molecule has 0 aliphatic heterocycles. The molecule has 1 heterocycles. The van der Waals surface area contributed by atoms with Crippen LogP contribution in [-0.2, 0) is 6.54 Å². The van der Waals surface area contributed by atoms with Gasteiger partial charge in [0.25, 0.3) is 0 Å². The first-order chi connectivity index (χ1) is 10.2. The van der Waals surface area contributed by atoms with Gasteiger partial charge in [-0.05, 0) is 18.2 Å². The number of halogens is 1. The minimum absolute atomic E-state index is 0.0674. The molecule has 0 bridgehead atoms. The fourth-order valence-electron chi connectivity index (χ4n) is 2.45. The molecule has 3 rings (SSSR count). The lowest BCUT2D eigenvalue weighted by atomic mass is 10.1. The van der Waals surface area contributed by atoms with Crippen molar-refractivity contribution in [2.45, 2.75) is 12.6 Å². The van der Waals surface area contributed by atoms with Gasteiger partial charge in [0.1, 0.15) is 5.82 Å². The quantitative estimate of drug-likeness (QED) is 0.803. The molecule has 1 N–H and O–H groups in total. The molecule has 0 amide bonds. The zero-order valence-corrected chi connectivity index (χ0v) is 11.2. The molecule has 0 saturated carbocycles. The van der Waals surface area contributed by atoms with Crippen molar-refractivity contribution in [3.63, 3.8) is 0 Å². The smallest absolute Gasteiger partial charge is 0.189 e. The molecule has 0 saturated heterocycles. The zero-order chi connectivity index (χ0) is 14.8. The highest BCUT2D eigenvalue weighted by molar-refractivity contribution is 5.78. The van der Waals surface area contributed by atoms with Gasteiger partial charge in [-0.2, -0.15) is 0 Å². The van der Waals surface area contributed by atoms with Gasteiger partial charge in [0, 0.05) is 23.2 Å². The molecular weight excluding hydrogens is 269 g/mol. The predicted octanol–water partition coefficient (Wildman–Crippen LogP) is 2.87. The van der Waals surface area contributed by atoms with Gasteiger partial charge < -0.3 is 9.67 Å². The molecular formula is C17H14FNO2. The monoisotopic (exact) mass is 283 g/mol. The summed E-state index contributed by atoms with van der Waals surface area (Å²) < 4.78 is 15.5. The van der Waals surface area contributed by atoms with Crippen LogP contribution in [0.1, 0.15) is 11.7 Å². The Bertz CT molecular complexity index is 841. The van der Waals surface area contributed by atoms with E-state index in [4.69, 9.17) is 0 Å². The van der Waals surface area contributed by atoms with Crippen molar-refractivity contribution in [1.29, 1.82) is 0 Å². The summed E-state index contributed by atoms with van der Waals surface area (Å²) in [6, 6.07) is 14.8. The lowest BCUT2D eigenvalue weighted by Gasteiger charge is -2.16. The molecule has 1 aromatic heterocycles. The standard InChI is InChI=1S/C17H14FNO2/c18-14-7-3-1-5-12(14)17(21)11-19-10-9-16(20)13-6-2-4-8-15(13)19/h1-10,17,21H,11H2. The van der Waals surface area contributed by atoms with E-state index >= 15 is 0 Å². The maximum absolute atomic E-state index is 13.7.